The van der Waals surface area contributed by atoms with Crippen molar-refractivity contribution in [3.63, 3.8) is 0 Å². The van der Waals surface area contributed by atoms with Crippen LogP contribution in [0.4, 0.5) is 35.0 Å². The van der Waals surface area contributed by atoms with Crippen LogP contribution in [0.25, 0.3) is 16.9 Å². The van der Waals surface area contributed by atoms with Crippen LogP contribution in [0.15, 0.2) is 43.0 Å². The molecule has 0 saturated carbocycles. The largest absolute Gasteiger partial charge is 0.450 e. The number of nitrogens with one attached hydrogen (secondary N) is 2. The number of fused-ring (bicyclic) bond motifs is 1. The van der Waals surface area contributed by atoms with E-state index >= 15 is 0 Å². The molecule has 4 aromatic rings. The maximum atomic E-state index is 13.9. The highest BCUT2D eigenvalue weighted by Gasteiger charge is 2.35. The van der Waals surface area contributed by atoms with E-state index in [1.165, 1.54) is 36.9 Å². The van der Waals surface area contributed by atoms with Crippen LogP contribution < -0.4 is 21.1 Å². The number of anilines is 3. The zero-order valence-corrected chi connectivity index (χ0v) is 22.1. The first kappa shape index (κ1) is 27.4. The van der Waals surface area contributed by atoms with Crippen molar-refractivity contribution in [3.05, 3.63) is 64.8 Å². The Balaban J connectivity index is 1.43. The normalized spacial score (nSPS) is 14.8. The minimum Gasteiger partial charge on any atom is -0.450 e. The maximum absolute atomic E-state index is 13.9. The van der Waals surface area contributed by atoms with Crippen molar-refractivity contribution in [2.24, 2.45) is 12.8 Å². The van der Waals surface area contributed by atoms with Crippen molar-refractivity contribution in [2.75, 3.05) is 30.8 Å². The predicted octanol–water partition coefficient (Wildman–Crippen LogP) is 4.71. The van der Waals surface area contributed by atoms with Crippen molar-refractivity contribution in [1.82, 2.24) is 29.4 Å². The standard InChI is InChI=1S/C25H24ClF4N9O/c1-32-22-20(33-5-6-34-22)17(8-31)40-18-9-35-23-21(19(18)26)38(2)24(37-23)36-15-4-3-13(10-39-11-14(27)12-39)16(7-15)25(28,29)30/h3-9,14H,10-12,31H2,1-2H3,(H,32,34)(H,35,36,37). The van der Waals surface area contributed by atoms with Gasteiger partial charge >= 0.3 is 6.18 Å². The fourth-order valence-corrected chi connectivity index (χ4v) is 4.64. The van der Waals surface area contributed by atoms with Gasteiger partial charge in [-0.25, -0.2) is 19.3 Å². The number of aryl methyl sites for hydroxylation is 1. The molecule has 0 radical (unpaired) electrons. The highest BCUT2D eigenvalue weighted by molar-refractivity contribution is 6.36. The molecule has 0 amide bonds. The summed E-state index contributed by atoms with van der Waals surface area (Å²) in [5, 5.41) is 5.96. The molecule has 210 valence electrons. The quantitative estimate of drug-likeness (QED) is 0.202. The second kappa shape index (κ2) is 10.8. The second-order valence-electron chi connectivity index (χ2n) is 9.03. The average molecular weight is 578 g/mol. The summed E-state index contributed by atoms with van der Waals surface area (Å²) in [7, 11) is 3.30. The second-order valence-corrected chi connectivity index (χ2v) is 9.40. The number of rotatable bonds is 8. The summed E-state index contributed by atoms with van der Waals surface area (Å²) in [5.74, 6) is 0.947. The molecule has 15 heteroatoms. The number of pyridine rings is 1. The summed E-state index contributed by atoms with van der Waals surface area (Å²) in [5.41, 5.74) is 6.15. The molecule has 0 bridgehead atoms. The molecule has 40 heavy (non-hydrogen) atoms. The Morgan fingerprint density at radius 1 is 1.23 bits per heavy atom. The molecule has 0 atom stereocenters. The fraction of sp³-hybridized carbons (Fsp3) is 0.280. The van der Waals surface area contributed by atoms with Gasteiger partial charge in [-0.15, -0.1) is 0 Å². The average Bonchev–Trinajstić information content (AvgIpc) is 3.23. The third kappa shape index (κ3) is 5.31. The highest BCUT2D eigenvalue weighted by Crippen LogP contribution is 2.38. The Morgan fingerprint density at radius 3 is 2.65 bits per heavy atom. The SMILES string of the molecule is CNc1nccnc1C(=CN)Oc1cnc2nc(Nc3ccc(CN4CC(F)C4)c(C(F)(F)F)c3)n(C)c2c1Cl. The van der Waals surface area contributed by atoms with Gasteiger partial charge in [0, 0.05) is 58.0 Å². The van der Waals surface area contributed by atoms with E-state index < -0.39 is 17.9 Å². The molecule has 0 spiro atoms. The summed E-state index contributed by atoms with van der Waals surface area (Å²) < 4.78 is 62.2. The van der Waals surface area contributed by atoms with Gasteiger partial charge in [-0.3, -0.25) is 4.90 Å². The van der Waals surface area contributed by atoms with Crippen molar-refractivity contribution in [2.45, 2.75) is 18.9 Å². The van der Waals surface area contributed by atoms with E-state index in [1.807, 2.05) is 0 Å². The molecule has 1 fully saturated rings. The van der Waals surface area contributed by atoms with E-state index in [2.05, 4.69) is 30.6 Å². The zero-order valence-electron chi connectivity index (χ0n) is 21.3. The third-order valence-corrected chi connectivity index (χ3v) is 6.69. The van der Waals surface area contributed by atoms with E-state index in [1.54, 1.807) is 23.6 Å². The Labute approximate surface area is 230 Å². The van der Waals surface area contributed by atoms with Crippen molar-refractivity contribution >= 4 is 46.0 Å². The van der Waals surface area contributed by atoms with Gasteiger partial charge in [0.1, 0.15) is 22.4 Å². The monoisotopic (exact) mass is 577 g/mol. The number of imidazole rings is 1. The predicted molar refractivity (Wildman–Crippen MR) is 143 cm³/mol. The number of nitrogens with two attached hydrogens (primary N) is 1. The number of likely N-dealkylation sites (tertiary alicyclic amines) is 1. The van der Waals surface area contributed by atoms with Crippen LogP contribution in [0.5, 0.6) is 5.75 Å². The van der Waals surface area contributed by atoms with Gasteiger partial charge in [0.25, 0.3) is 0 Å². The number of alkyl halides is 4. The van der Waals surface area contributed by atoms with Gasteiger partial charge in [-0.05, 0) is 17.7 Å². The van der Waals surface area contributed by atoms with E-state index in [-0.39, 0.29) is 59.0 Å². The number of hydrogen-bond donors (Lipinski definition) is 3. The first-order valence-corrected chi connectivity index (χ1v) is 12.4. The lowest BCUT2D eigenvalue weighted by atomic mass is 10.0. The minimum absolute atomic E-state index is 0.00769. The van der Waals surface area contributed by atoms with Crippen molar-refractivity contribution < 1.29 is 22.3 Å². The van der Waals surface area contributed by atoms with Gasteiger partial charge in [-0.2, -0.15) is 18.2 Å². The lowest BCUT2D eigenvalue weighted by Gasteiger charge is -2.34. The lowest BCUT2D eigenvalue weighted by Crippen LogP contribution is -2.47. The van der Waals surface area contributed by atoms with E-state index in [0.29, 0.717) is 17.0 Å². The molecular weight excluding hydrogens is 554 g/mol. The first-order valence-electron chi connectivity index (χ1n) is 12.0. The molecule has 0 unspecified atom stereocenters. The summed E-state index contributed by atoms with van der Waals surface area (Å²) in [4.78, 5) is 18.7. The van der Waals surface area contributed by atoms with Gasteiger partial charge < -0.3 is 25.7 Å². The number of nitrogens with zero attached hydrogens (tertiary/aromatic N) is 6. The fourth-order valence-electron chi connectivity index (χ4n) is 4.34. The van der Waals surface area contributed by atoms with Crippen LogP contribution in [0.2, 0.25) is 5.02 Å². The van der Waals surface area contributed by atoms with Crippen LogP contribution in [-0.2, 0) is 19.8 Å². The van der Waals surface area contributed by atoms with Gasteiger partial charge in [0.2, 0.25) is 5.95 Å². The van der Waals surface area contributed by atoms with Gasteiger partial charge in [0.05, 0.1) is 11.8 Å². The summed E-state index contributed by atoms with van der Waals surface area (Å²) in [6, 6.07) is 3.89. The molecule has 4 heterocycles. The Bertz CT molecular complexity index is 1580. The van der Waals surface area contributed by atoms with E-state index in [0.717, 1.165) is 6.07 Å². The molecule has 1 aromatic carbocycles. The number of halogens is 5. The van der Waals surface area contributed by atoms with Crippen LogP contribution in [-0.4, -0.2) is 55.7 Å². The zero-order chi connectivity index (χ0) is 28.6. The van der Waals surface area contributed by atoms with Crippen LogP contribution in [0.3, 0.4) is 0 Å². The summed E-state index contributed by atoms with van der Waals surface area (Å²) in [6.45, 7) is 0.247. The Morgan fingerprint density at radius 2 is 1.98 bits per heavy atom. The van der Waals surface area contributed by atoms with Gasteiger partial charge in [-0.1, -0.05) is 17.7 Å². The van der Waals surface area contributed by atoms with Crippen molar-refractivity contribution in [3.8, 4) is 5.75 Å². The van der Waals surface area contributed by atoms with Crippen LogP contribution in [0, 0.1) is 0 Å². The maximum Gasteiger partial charge on any atom is 0.416 e. The van der Waals surface area contributed by atoms with Crippen molar-refractivity contribution in [1.29, 1.82) is 0 Å². The smallest absolute Gasteiger partial charge is 0.416 e. The summed E-state index contributed by atoms with van der Waals surface area (Å²) in [6.07, 6.45) is -0.0506. The van der Waals surface area contributed by atoms with E-state index in [9.17, 15) is 17.6 Å². The number of benzene rings is 1. The topological polar surface area (TPSA) is 119 Å². The molecule has 4 N–H and O–H groups in total. The highest BCUT2D eigenvalue weighted by atomic mass is 35.5. The molecule has 1 aliphatic rings. The number of aromatic nitrogens is 5. The molecular formula is C25H24ClF4N9O. The van der Waals surface area contributed by atoms with E-state index in [4.69, 9.17) is 22.1 Å². The molecule has 1 aliphatic heterocycles. The Kier molecular flexibility index (Phi) is 7.38. The first-order chi connectivity index (χ1) is 19.1. The Hall–Kier alpha value is -4.17. The number of ether oxygens (including phenoxy) is 1. The minimum atomic E-state index is -4.60. The molecule has 1 saturated heterocycles. The van der Waals surface area contributed by atoms with Crippen LogP contribution >= 0.6 is 11.6 Å². The molecule has 10 nitrogen and oxygen atoms in total. The molecule has 5 rings (SSSR count). The number of hydrogen-bond acceptors (Lipinski definition) is 9. The molecule has 0 aliphatic carbocycles. The third-order valence-electron chi connectivity index (χ3n) is 6.32. The van der Waals surface area contributed by atoms with Crippen LogP contribution in [0.1, 0.15) is 16.8 Å². The molecule has 3 aromatic heterocycles. The lowest BCUT2D eigenvalue weighted by molar-refractivity contribution is -0.138. The van der Waals surface area contributed by atoms with Gasteiger partial charge in [0.15, 0.2) is 23.0 Å². The summed E-state index contributed by atoms with van der Waals surface area (Å²) >= 11 is 6.66.